The molecule has 0 spiro atoms. The number of nitrogens with zero attached hydrogens (tertiary/aromatic N) is 2. The quantitative estimate of drug-likeness (QED) is 0.796. The van der Waals surface area contributed by atoms with Crippen molar-refractivity contribution in [3.8, 4) is 0 Å². The van der Waals surface area contributed by atoms with Crippen molar-refractivity contribution >= 4 is 12.0 Å². The SMILES string of the molecule is Cc1cccc(C=CC(=O)NCCc2ncn[nH]2)c1. The number of aromatic amines is 1. The minimum absolute atomic E-state index is 0.110. The zero-order chi connectivity index (χ0) is 13.5. The van der Waals surface area contributed by atoms with Gasteiger partial charge in [-0.2, -0.15) is 5.10 Å². The number of aromatic nitrogens is 3. The van der Waals surface area contributed by atoms with E-state index in [1.807, 2.05) is 31.2 Å². The van der Waals surface area contributed by atoms with E-state index in [0.29, 0.717) is 13.0 Å². The van der Waals surface area contributed by atoms with Gasteiger partial charge in [-0.3, -0.25) is 9.89 Å². The van der Waals surface area contributed by atoms with Gasteiger partial charge in [-0.25, -0.2) is 4.98 Å². The first-order valence-electron chi connectivity index (χ1n) is 6.11. The normalized spacial score (nSPS) is 10.8. The van der Waals surface area contributed by atoms with Crippen LogP contribution in [0.1, 0.15) is 17.0 Å². The van der Waals surface area contributed by atoms with E-state index in [9.17, 15) is 4.79 Å². The van der Waals surface area contributed by atoms with E-state index in [2.05, 4.69) is 20.5 Å². The number of carbonyl (C=O) groups is 1. The van der Waals surface area contributed by atoms with Crippen molar-refractivity contribution in [1.82, 2.24) is 20.5 Å². The Bertz CT molecular complexity index is 561. The van der Waals surface area contributed by atoms with Crippen molar-refractivity contribution < 1.29 is 4.79 Å². The fourth-order valence-corrected chi connectivity index (χ4v) is 1.66. The summed E-state index contributed by atoms with van der Waals surface area (Å²) < 4.78 is 0. The molecule has 0 aliphatic carbocycles. The lowest BCUT2D eigenvalue weighted by Crippen LogP contribution is -2.23. The highest BCUT2D eigenvalue weighted by Crippen LogP contribution is 2.05. The largest absolute Gasteiger partial charge is 0.352 e. The second-order valence-electron chi connectivity index (χ2n) is 4.22. The third-order valence-corrected chi connectivity index (χ3v) is 2.60. The summed E-state index contributed by atoms with van der Waals surface area (Å²) in [6.07, 6.45) is 5.44. The zero-order valence-electron chi connectivity index (χ0n) is 10.8. The zero-order valence-corrected chi connectivity index (χ0v) is 10.8. The fourth-order valence-electron chi connectivity index (χ4n) is 1.66. The molecule has 0 bridgehead atoms. The Morgan fingerprint density at radius 3 is 3.11 bits per heavy atom. The highest BCUT2D eigenvalue weighted by Gasteiger charge is 1.98. The van der Waals surface area contributed by atoms with Crippen LogP contribution >= 0.6 is 0 Å². The van der Waals surface area contributed by atoms with Crippen LogP contribution < -0.4 is 5.32 Å². The van der Waals surface area contributed by atoms with Gasteiger partial charge >= 0.3 is 0 Å². The van der Waals surface area contributed by atoms with Gasteiger partial charge in [0.2, 0.25) is 5.91 Å². The first kappa shape index (κ1) is 13.0. The third-order valence-electron chi connectivity index (χ3n) is 2.60. The Labute approximate surface area is 111 Å². The lowest BCUT2D eigenvalue weighted by atomic mass is 10.1. The number of carbonyl (C=O) groups excluding carboxylic acids is 1. The van der Waals surface area contributed by atoms with Gasteiger partial charge in [0, 0.05) is 19.0 Å². The van der Waals surface area contributed by atoms with E-state index >= 15 is 0 Å². The fraction of sp³-hybridized carbons (Fsp3) is 0.214. The molecule has 0 aliphatic heterocycles. The number of aryl methyl sites for hydroxylation is 1. The van der Waals surface area contributed by atoms with Crippen LogP contribution in [-0.4, -0.2) is 27.6 Å². The summed E-state index contributed by atoms with van der Waals surface area (Å²) in [5.41, 5.74) is 2.19. The highest BCUT2D eigenvalue weighted by molar-refractivity contribution is 5.91. The molecule has 1 heterocycles. The Hall–Kier alpha value is -2.43. The molecule has 1 amide bonds. The Kier molecular flexibility index (Phi) is 4.44. The molecule has 19 heavy (non-hydrogen) atoms. The summed E-state index contributed by atoms with van der Waals surface area (Å²) in [7, 11) is 0. The molecule has 0 radical (unpaired) electrons. The number of amides is 1. The van der Waals surface area contributed by atoms with Crippen LogP contribution in [0, 0.1) is 6.92 Å². The van der Waals surface area contributed by atoms with Crippen molar-refractivity contribution in [3.63, 3.8) is 0 Å². The summed E-state index contributed by atoms with van der Waals surface area (Å²) in [6, 6.07) is 7.98. The van der Waals surface area contributed by atoms with Gasteiger partial charge in [-0.15, -0.1) is 0 Å². The maximum Gasteiger partial charge on any atom is 0.244 e. The van der Waals surface area contributed by atoms with Gasteiger partial charge in [0.05, 0.1) is 0 Å². The van der Waals surface area contributed by atoms with Crippen molar-refractivity contribution in [3.05, 3.63) is 53.6 Å². The Balaban J connectivity index is 1.78. The Morgan fingerprint density at radius 1 is 1.47 bits per heavy atom. The molecule has 98 valence electrons. The summed E-state index contributed by atoms with van der Waals surface area (Å²) in [5.74, 6) is 0.656. The van der Waals surface area contributed by atoms with Crippen LogP contribution in [0.4, 0.5) is 0 Å². The van der Waals surface area contributed by atoms with Crippen LogP contribution in [-0.2, 0) is 11.2 Å². The number of H-pyrrole nitrogens is 1. The third kappa shape index (κ3) is 4.39. The molecular formula is C14H16N4O. The van der Waals surface area contributed by atoms with Crippen LogP contribution in [0.2, 0.25) is 0 Å². The summed E-state index contributed by atoms with van der Waals surface area (Å²) in [4.78, 5) is 15.6. The van der Waals surface area contributed by atoms with Crippen LogP contribution in [0.5, 0.6) is 0 Å². The van der Waals surface area contributed by atoms with Gasteiger partial charge < -0.3 is 5.32 Å². The van der Waals surface area contributed by atoms with Gasteiger partial charge in [-0.05, 0) is 18.6 Å². The minimum atomic E-state index is -0.110. The number of hydrogen-bond acceptors (Lipinski definition) is 3. The molecule has 0 aliphatic rings. The van der Waals surface area contributed by atoms with Crippen molar-refractivity contribution in [1.29, 1.82) is 0 Å². The maximum absolute atomic E-state index is 11.6. The van der Waals surface area contributed by atoms with E-state index in [0.717, 1.165) is 11.4 Å². The first-order valence-corrected chi connectivity index (χ1v) is 6.11. The molecule has 5 heteroatoms. The molecule has 2 rings (SSSR count). The van der Waals surface area contributed by atoms with Crippen molar-refractivity contribution in [2.24, 2.45) is 0 Å². The summed E-state index contributed by atoms with van der Waals surface area (Å²) >= 11 is 0. The highest BCUT2D eigenvalue weighted by atomic mass is 16.1. The van der Waals surface area contributed by atoms with Crippen LogP contribution in [0.3, 0.4) is 0 Å². The lowest BCUT2D eigenvalue weighted by Gasteiger charge is -2.00. The van der Waals surface area contributed by atoms with Crippen LogP contribution in [0.15, 0.2) is 36.7 Å². The van der Waals surface area contributed by atoms with Gasteiger partial charge in [-0.1, -0.05) is 29.8 Å². The lowest BCUT2D eigenvalue weighted by molar-refractivity contribution is -0.116. The molecule has 1 aromatic heterocycles. The average Bonchev–Trinajstić information content (AvgIpc) is 2.90. The molecule has 0 unspecified atom stereocenters. The standard InChI is InChI=1S/C14H16N4O/c1-11-3-2-4-12(9-11)5-6-14(19)15-8-7-13-16-10-17-18-13/h2-6,9-10H,7-8H2,1H3,(H,15,19)(H,16,17,18). The number of rotatable bonds is 5. The summed E-state index contributed by atoms with van der Waals surface area (Å²) in [5, 5.41) is 9.28. The summed E-state index contributed by atoms with van der Waals surface area (Å²) in [6.45, 7) is 2.56. The number of nitrogens with one attached hydrogen (secondary N) is 2. The first-order chi connectivity index (χ1) is 9.24. The van der Waals surface area contributed by atoms with E-state index in [-0.39, 0.29) is 5.91 Å². The predicted molar refractivity (Wildman–Crippen MR) is 73.3 cm³/mol. The van der Waals surface area contributed by atoms with E-state index in [1.165, 1.54) is 18.0 Å². The number of hydrogen-bond donors (Lipinski definition) is 2. The van der Waals surface area contributed by atoms with Gasteiger partial charge in [0.15, 0.2) is 0 Å². The van der Waals surface area contributed by atoms with E-state index in [4.69, 9.17) is 0 Å². The molecule has 2 N–H and O–H groups in total. The molecule has 0 saturated heterocycles. The molecule has 0 atom stereocenters. The van der Waals surface area contributed by atoms with Crippen molar-refractivity contribution in [2.75, 3.05) is 6.54 Å². The van der Waals surface area contributed by atoms with Crippen LogP contribution in [0.25, 0.3) is 6.08 Å². The molecular weight excluding hydrogens is 240 g/mol. The van der Waals surface area contributed by atoms with E-state index < -0.39 is 0 Å². The molecule has 0 saturated carbocycles. The van der Waals surface area contributed by atoms with E-state index in [1.54, 1.807) is 6.08 Å². The smallest absolute Gasteiger partial charge is 0.244 e. The predicted octanol–water partition coefficient (Wildman–Crippen LogP) is 1.49. The average molecular weight is 256 g/mol. The molecule has 2 aromatic rings. The second kappa shape index (κ2) is 6.49. The molecule has 5 nitrogen and oxygen atoms in total. The number of benzene rings is 1. The maximum atomic E-state index is 11.6. The minimum Gasteiger partial charge on any atom is -0.352 e. The Morgan fingerprint density at radius 2 is 2.37 bits per heavy atom. The van der Waals surface area contributed by atoms with Crippen molar-refractivity contribution in [2.45, 2.75) is 13.3 Å². The molecule has 0 fully saturated rings. The van der Waals surface area contributed by atoms with Gasteiger partial charge in [0.1, 0.15) is 12.2 Å². The monoisotopic (exact) mass is 256 g/mol. The van der Waals surface area contributed by atoms with Gasteiger partial charge in [0.25, 0.3) is 0 Å². The topological polar surface area (TPSA) is 70.7 Å². The molecule has 1 aromatic carbocycles. The second-order valence-corrected chi connectivity index (χ2v) is 4.22.